The molecule has 3 rings (SSSR count). The van der Waals surface area contributed by atoms with Crippen molar-refractivity contribution in [1.82, 2.24) is 20.0 Å². The van der Waals surface area contributed by atoms with Gasteiger partial charge in [-0.2, -0.15) is 5.10 Å². The lowest BCUT2D eigenvalue weighted by molar-refractivity contribution is -0.132. The number of rotatable bonds is 6. The number of nitrogens with one attached hydrogen (secondary N) is 1. The third kappa shape index (κ3) is 4.07. The monoisotopic (exact) mass is 334 g/mol. The molecule has 2 fully saturated rings. The lowest BCUT2D eigenvalue weighted by atomic mass is 10.1. The highest BCUT2D eigenvalue weighted by molar-refractivity contribution is 5.92. The van der Waals surface area contributed by atoms with Crippen molar-refractivity contribution in [2.45, 2.75) is 38.5 Å². The number of hydrogen-bond acceptors (Lipinski definition) is 4. The molecule has 1 aromatic rings. The summed E-state index contributed by atoms with van der Waals surface area (Å²) in [5.41, 5.74) is 0.333. The Morgan fingerprint density at radius 3 is 2.67 bits per heavy atom. The normalized spacial score (nSPS) is 18.1. The Labute approximate surface area is 142 Å². The van der Waals surface area contributed by atoms with Gasteiger partial charge in [-0.3, -0.25) is 9.59 Å². The second-order valence-electron chi connectivity index (χ2n) is 6.73. The summed E-state index contributed by atoms with van der Waals surface area (Å²) in [6, 6.07) is 1.60. The standard InChI is InChI=1S/C17H26N4O3/c1-20-16(24-12-15(22)21-8-4-5-9-21)10-14(19-20)17(23)18-11-13-6-2-3-7-13/h10,13H,2-9,11-12H2,1H3,(H,18,23). The first kappa shape index (κ1) is 16.8. The van der Waals surface area contributed by atoms with Crippen LogP contribution >= 0.6 is 0 Å². The van der Waals surface area contributed by atoms with Crippen LogP contribution in [0.25, 0.3) is 0 Å². The summed E-state index contributed by atoms with van der Waals surface area (Å²) in [5.74, 6) is 0.833. The van der Waals surface area contributed by atoms with Crippen molar-refractivity contribution in [2.75, 3.05) is 26.2 Å². The van der Waals surface area contributed by atoms with E-state index >= 15 is 0 Å². The van der Waals surface area contributed by atoms with Crippen LogP contribution in [0.2, 0.25) is 0 Å². The molecule has 7 heteroatoms. The van der Waals surface area contributed by atoms with E-state index in [1.165, 1.54) is 30.4 Å². The molecule has 1 aliphatic heterocycles. The van der Waals surface area contributed by atoms with E-state index in [9.17, 15) is 9.59 Å². The molecular weight excluding hydrogens is 308 g/mol. The summed E-state index contributed by atoms with van der Waals surface area (Å²) < 4.78 is 7.05. The maximum atomic E-state index is 12.2. The molecule has 0 bridgehead atoms. The lowest BCUT2D eigenvalue weighted by Crippen LogP contribution is -2.32. The third-order valence-electron chi connectivity index (χ3n) is 4.90. The Morgan fingerprint density at radius 2 is 1.96 bits per heavy atom. The van der Waals surface area contributed by atoms with Crippen LogP contribution in [0.1, 0.15) is 49.0 Å². The van der Waals surface area contributed by atoms with E-state index in [0.29, 0.717) is 24.0 Å². The Balaban J connectivity index is 1.49. The fraction of sp³-hybridized carbons (Fsp3) is 0.706. The molecule has 24 heavy (non-hydrogen) atoms. The lowest BCUT2D eigenvalue weighted by Gasteiger charge is -2.15. The third-order valence-corrected chi connectivity index (χ3v) is 4.90. The number of hydrogen-bond donors (Lipinski definition) is 1. The SMILES string of the molecule is Cn1nc(C(=O)NCC2CCCC2)cc1OCC(=O)N1CCCC1. The highest BCUT2D eigenvalue weighted by atomic mass is 16.5. The second-order valence-corrected chi connectivity index (χ2v) is 6.73. The van der Waals surface area contributed by atoms with Crippen LogP contribution in [-0.4, -0.2) is 52.7 Å². The van der Waals surface area contributed by atoms with Gasteiger partial charge in [-0.25, -0.2) is 4.68 Å². The van der Waals surface area contributed by atoms with Crippen molar-refractivity contribution >= 4 is 11.8 Å². The minimum atomic E-state index is -0.182. The summed E-state index contributed by atoms with van der Waals surface area (Å²) in [6.07, 6.45) is 7.01. The zero-order valence-corrected chi connectivity index (χ0v) is 14.3. The number of amides is 2. The van der Waals surface area contributed by atoms with E-state index in [1.807, 2.05) is 4.90 Å². The molecule has 0 unspecified atom stereocenters. The Hall–Kier alpha value is -2.05. The van der Waals surface area contributed by atoms with Gasteiger partial charge in [0.2, 0.25) is 5.88 Å². The molecule has 132 valence electrons. The summed E-state index contributed by atoms with van der Waals surface area (Å²) >= 11 is 0. The minimum Gasteiger partial charge on any atom is -0.468 e. The summed E-state index contributed by atoms with van der Waals surface area (Å²) in [7, 11) is 1.71. The van der Waals surface area contributed by atoms with E-state index in [0.717, 1.165) is 25.9 Å². The molecule has 7 nitrogen and oxygen atoms in total. The molecule has 2 amide bonds. The molecule has 0 spiro atoms. The number of likely N-dealkylation sites (tertiary alicyclic amines) is 1. The predicted molar refractivity (Wildman–Crippen MR) is 88.8 cm³/mol. The smallest absolute Gasteiger partial charge is 0.271 e. The van der Waals surface area contributed by atoms with E-state index in [1.54, 1.807) is 13.1 Å². The number of aryl methyl sites for hydroxylation is 1. The Morgan fingerprint density at radius 1 is 1.25 bits per heavy atom. The highest BCUT2D eigenvalue weighted by Gasteiger charge is 2.21. The molecule has 0 radical (unpaired) electrons. The van der Waals surface area contributed by atoms with Crippen molar-refractivity contribution < 1.29 is 14.3 Å². The quantitative estimate of drug-likeness (QED) is 0.852. The summed E-state index contributed by atoms with van der Waals surface area (Å²) in [5, 5.41) is 7.13. The molecule has 1 saturated carbocycles. The van der Waals surface area contributed by atoms with Crippen molar-refractivity contribution in [3.63, 3.8) is 0 Å². The van der Waals surface area contributed by atoms with Gasteiger partial charge in [0.1, 0.15) is 0 Å². The number of nitrogens with zero attached hydrogens (tertiary/aromatic N) is 3. The highest BCUT2D eigenvalue weighted by Crippen LogP contribution is 2.23. The molecule has 1 N–H and O–H groups in total. The molecule has 1 aliphatic carbocycles. The fourth-order valence-electron chi connectivity index (χ4n) is 3.43. The van der Waals surface area contributed by atoms with Gasteiger partial charge in [0.05, 0.1) is 0 Å². The number of carbonyl (C=O) groups is 2. The van der Waals surface area contributed by atoms with Gasteiger partial charge < -0.3 is 15.0 Å². The largest absolute Gasteiger partial charge is 0.468 e. The van der Waals surface area contributed by atoms with Crippen LogP contribution < -0.4 is 10.1 Å². The summed E-state index contributed by atoms with van der Waals surface area (Å²) in [4.78, 5) is 26.0. The van der Waals surface area contributed by atoms with Crippen LogP contribution in [0, 0.1) is 5.92 Å². The zero-order valence-electron chi connectivity index (χ0n) is 14.3. The number of ether oxygens (including phenoxy) is 1. The van der Waals surface area contributed by atoms with E-state index < -0.39 is 0 Å². The second kappa shape index (κ2) is 7.68. The van der Waals surface area contributed by atoms with Crippen molar-refractivity contribution in [3.8, 4) is 5.88 Å². The molecule has 0 aromatic carbocycles. The molecular formula is C17H26N4O3. The maximum absolute atomic E-state index is 12.2. The predicted octanol–water partition coefficient (Wildman–Crippen LogP) is 1.34. The topological polar surface area (TPSA) is 76.5 Å². The molecule has 0 atom stereocenters. The van der Waals surface area contributed by atoms with Gasteiger partial charge in [-0.05, 0) is 31.6 Å². The van der Waals surface area contributed by atoms with E-state index in [4.69, 9.17) is 4.74 Å². The molecule has 1 aromatic heterocycles. The Kier molecular flexibility index (Phi) is 5.37. The van der Waals surface area contributed by atoms with Crippen LogP contribution in [0.3, 0.4) is 0 Å². The molecule has 2 heterocycles. The van der Waals surface area contributed by atoms with Crippen molar-refractivity contribution in [2.24, 2.45) is 13.0 Å². The average molecular weight is 334 g/mol. The van der Waals surface area contributed by atoms with Gasteiger partial charge in [-0.15, -0.1) is 0 Å². The minimum absolute atomic E-state index is 0.0112. The van der Waals surface area contributed by atoms with Crippen molar-refractivity contribution in [1.29, 1.82) is 0 Å². The van der Waals surface area contributed by atoms with Gasteiger partial charge in [0.15, 0.2) is 12.3 Å². The van der Waals surface area contributed by atoms with E-state index in [-0.39, 0.29) is 18.4 Å². The van der Waals surface area contributed by atoms with Gasteiger partial charge >= 0.3 is 0 Å². The van der Waals surface area contributed by atoms with Crippen LogP contribution in [0.5, 0.6) is 5.88 Å². The first-order chi connectivity index (χ1) is 11.6. The van der Waals surface area contributed by atoms with Gasteiger partial charge in [0, 0.05) is 32.7 Å². The van der Waals surface area contributed by atoms with Gasteiger partial charge in [-0.1, -0.05) is 12.8 Å². The van der Waals surface area contributed by atoms with Gasteiger partial charge in [0.25, 0.3) is 11.8 Å². The molecule has 1 saturated heterocycles. The van der Waals surface area contributed by atoms with Crippen LogP contribution in [-0.2, 0) is 11.8 Å². The number of carbonyl (C=O) groups excluding carboxylic acids is 2. The number of aromatic nitrogens is 2. The first-order valence-electron chi connectivity index (χ1n) is 8.86. The molecule has 2 aliphatic rings. The zero-order chi connectivity index (χ0) is 16.9. The maximum Gasteiger partial charge on any atom is 0.271 e. The first-order valence-corrected chi connectivity index (χ1v) is 8.86. The fourth-order valence-corrected chi connectivity index (χ4v) is 3.43. The summed E-state index contributed by atoms with van der Waals surface area (Å²) in [6.45, 7) is 2.31. The van der Waals surface area contributed by atoms with Crippen LogP contribution in [0.4, 0.5) is 0 Å². The Bertz CT molecular complexity index is 587. The average Bonchev–Trinajstić information content (AvgIpc) is 3.32. The van der Waals surface area contributed by atoms with Crippen LogP contribution in [0.15, 0.2) is 6.07 Å². The van der Waals surface area contributed by atoms with E-state index in [2.05, 4.69) is 10.4 Å². The van der Waals surface area contributed by atoms with Crippen molar-refractivity contribution in [3.05, 3.63) is 11.8 Å².